The van der Waals surface area contributed by atoms with Crippen molar-refractivity contribution >= 4 is 43.7 Å². The first kappa shape index (κ1) is 21.4. The number of rotatable bonds is 11. The van der Waals surface area contributed by atoms with Gasteiger partial charge in [-0.1, -0.05) is 107 Å². The summed E-state index contributed by atoms with van der Waals surface area (Å²) < 4.78 is 0. The molecule has 0 aliphatic carbocycles. The second-order valence-electron chi connectivity index (χ2n) is 9.06. The number of unbranched alkanes of at least 4 members (excludes halogenated alkanes) is 9. The molecule has 4 rings (SSSR count). The first-order chi connectivity index (χ1) is 14.8. The van der Waals surface area contributed by atoms with E-state index < -0.39 is 0 Å². The third-order valence-corrected chi connectivity index (χ3v) is 7.35. The molecule has 0 bridgehead atoms. The normalized spacial score (nSPS) is 11.8. The molecule has 0 unspecified atom stereocenters. The highest BCUT2D eigenvalue weighted by atomic mass is 32.1. The monoisotopic (exact) mass is 416 g/mol. The van der Waals surface area contributed by atoms with Gasteiger partial charge < -0.3 is 0 Å². The molecule has 1 aromatic heterocycles. The Bertz CT molecular complexity index is 1100. The summed E-state index contributed by atoms with van der Waals surface area (Å²) in [6, 6.07) is 14.2. The molecule has 0 atom stereocenters. The van der Waals surface area contributed by atoms with Gasteiger partial charge in [0.05, 0.1) is 0 Å². The van der Waals surface area contributed by atoms with E-state index in [1.165, 1.54) is 114 Å². The van der Waals surface area contributed by atoms with Crippen molar-refractivity contribution in [2.45, 2.75) is 84.5 Å². The van der Waals surface area contributed by atoms with Gasteiger partial charge in [0, 0.05) is 10.8 Å². The van der Waals surface area contributed by atoms with E-state index in [4.69, 9.17) is 0 Å². The number of aryl methyl sites for hydroxylation is 2. The van der Waals surface area contributed by atoms with Gasteiger partial charge in [-0.05, 0) is 57.6 Å². The zero-order valence-corrected chi connectivity index (χ0v) is 19.6. The molecule has 0 saturated carbocycles. The average molecular weight is 417 g/mol. The van der Waals surface area contributed by atoms with Crippen molar-refractivity contribution in [2.75, 3.05) is 0 Å². The predicted molar refractivity (Wildman–Crippen MR) is 137 cm³/mol. The van der Waals surface area contributed by atoms with E-state index in [0.717, 1.165) is 0 Å². The van der Waals surface area contributed by atoms with Gasteiger partial charge in [-0.15, -0.1) is 0 Å². The zero-order valence-electron chi connectivity index (χ0n) is 18.8. The van der Waals surface area contributed by atoms with E-state index in [0.29, 0.717) is 0 Å². The molecule has 4 aromatic rings. The number of thiophene rings is 1. The van der Waals surface area contributed by atoms with E-state index >= 15 is 0 Å². The van der Waals surface area contributed by atoms with E-state index in [2.05, 4.69) is 61.0 Å². The molecule has 1 heterocycles. The fourth-order valence-electron chi connectivity index (χ4n) is 4.85. The quantitative estimate of drug-likeness (QED) is 0.168. The topological polar surface area (TPSA) is 0 Å². The first-order valence-electron chi connectivity index (χ1n) is 12.1. The molecule has 1 heteroatoms. The lowest BCUT2D eigenvalue weighted by Gasteiger charge is -2.10. The predicted octanol–water partition coefficient (Wildman–Crippen LogP) is 9.98. The molecule has 0 radical (unpaired) electrons. The Balaban J connectivity index is 1.39. The third kappa shape index (κ3) is 4.89. The fourth-order valence-corrected chi connectivity index (χ4v) is 5.70. The average Bonchev–Trinajstić information content (AvgIpc) is 3.25. The van der Waals surface area contributed by atoms with E-state index in [1.807, 2.05) is 11.3 Å². The minimum absolute atomic E-state index is 1.21. The molecule has 30 heavy (non-hydrogen) atoms. The van der Waals surface area contributed by atoms with Crippen LogP contribution < -0.4 is 0 Å². The minimum atomic E-state index is 1.21. The molecule has 158 valence electrons. The summed E-state index contributed by atoms with van der Waals surface area (Å²) in [6.07, 6.45) is 15.2. The van der Waals surface area contributed by atoms with Gasteiger partial charge in [0.15, 0.2) is 0 Å². The SMILES string of the molecule is CCCCCCCCCCCCc1ccc2c3cscc3c3ccc(C)cc3c2c1. The number of fused-ring (bicyclic) bond motifs is 6. The van der Waals surface area contributed by atoms with Crippen molar-refractivity contribution in [3.8, 4) is 0 Å². The van der Waals surface area contributed by atoms with Crippen LogP contribution in [0.2, 0.25) is 0 Å². The zero-order chi connectivity index (χ0) is 20.8. The number of hydrogen-bond acceptors (Lipinski definition) is 1. The van der Waals surface area contributed by atoms with Crippen molar-refractivity contribution in [3.63, 3.8) is 0 Å². The lowest BCUT2D eigenvalue weighted by Crippen LogP contribution is -1.89. The molecule has 0 aliphatic heterocycles. The van der Waals surface area contributed by atoms with Crippen LogP contribution in [0.4, 0.5) is 0 Å². The lowest BCUT2D eigenvalue weighted by molar-refractivity contribution is 0.556. The lowest BCUT2D eigenvalue weighted by atomic mass is 9.93. The Labute approximate surface area is 186 Å². The molecule has 0 fully saturated rings. The summed E-state index contributed by atoms with van der Waals surface area (Å²) in [7, 11) is 0. The molecular formula is C29H36S. The Hall–Kier alpha value is -1.86. The van der Waals surface area contributed by atoms with Gasteiger partial charge in [-0.3, -0.25) is 0 Å². The van der Waals surface area contributed by atoms with Crippen molar-refractivity contribution in [1.82, 2.24) is 0 Å². The largest absolute Gasteiger partial charge is 0.151 e. The molecule has 0 nitrogen and oxygen atoms in total. The van der Waals surface area contributed by atoms with Gasteiger partial charge in [-0.2, -0.15) is 11.3 Å². The minimum Gasteiger partial charge on any atom is -0.151 e. The standard InChI is InChI=1S/C29H36S/c1-3-4-5-6-7-8-9-10-11-12-13-23-15-17-25-27(19-23)26-18-22(2)14-16-24(26)28-20-30-21-29(25)28/h14-21H,3-13H2,1-2H3. The van der Waals surface area contributed by atoms with Crippen molar-refractivity contribution < 1.29 is 0 Å². The molecule has 0 saturated heterocycles. The van der Waals surface area contributed by atoms with Gasteiger partial charge in [0.25, 0.3) is 0 Å². The van der Waals surface area contributed by atoms with Crippen molar-refractivity contribution in [3.05, 3.63) is 58.3 Å². The van der Waals surface area contributed by atoms with E-state index in [9.17, 15) is 0 Å². The maximum absolute atomic E-state index is 2.47. The first-order valence-corrected chi connectivity index (χ1v) is 13.0. The van der Waals surface area contributed by atoms with Gasteiger partial charge in [0.2, 0.25) is 0 Å². The smallest absolute Gasteiger partial charge is 0.000831 e. The van der Waals surface area contributed by atoms with Crippen LogP contribution in [0, 0.1) is 6.92 Å². The van der Waals surface area contributed by atoms with Gasteiger partial charge in [0.1, 0.15) is 0 Å². The van der Waals surface area contributed by atoms with Crippen LogP contribution in [0.5, 0.6) is 0 Å². The van der Waals surface area contributed by atoms with Crippen LogP contribution in [0.15, 0.2) is 47.2 Å². The van der Waals surface area contributed by atoms with Gasteiger partial charge in [-0.25, -0.2) is 0 Å². The van der Waals surface area contributed by atoms with Crippen molar-refractivity contribution in [2.24, 2.45) is 0 Å². The highest BCUT2D eigenvalue weighted by Gasteiger charge is 2.10. The van der Waals surface area contributed by atoms with Crippen LogP contribution in [0.25, 0.3) is 32.3 Å². The van der Waals surface area contributed by atoms with Crippen LogP contribution in [0.1, 0.15) is 82.3 Å². The Morgan fingerprint density at radius 3 is 1.80 bits per heavy atom. The molecule has 0 aliphatic rings. The second-order valence-corrected chi connectivity index (χ2v) is 9.80. The Morgan fingerprint density at radius 1 is 0.567 bits per heavy atom. The van der Waals surface area contributed by atoms with Crippen molar-refractivity contribution in [1.29, 1.82) is 0 Å². The molecule has 0 N–H and O–H groups in total. The molecule has 0 spiro atoms. The Kier molecular flexibility index (Phi) is 7.44. The third-order valence-electron chi connectivity index (χ3n) is 6.61. The fraction of sp³-hybridized carbons (Fsp3) is 0.448. The number of hydrogen-bond donors (Lipinski definition) is 0. The maximum atomic E-state index is 2.47. The Morgan fingerprint density at radius 2 is 1.13 bits per heavy atom. The molecular weight excluding hydrogens is 380 g/mol. The second kappa shape index (κ2) is 10.4. The summed E-state index contributed by atoms with van der Waals surface area (Å²) in [5, 5.41) is 13.1. The summed E-state index contributed by atoms with van der Waals surface area (Å²) in [5.74, 6) is 0. The van der Waals surface area contributed by atoms with Crippen LogP contribution in [-0.4, -0.2) is 0 Å². The highest BCUT2D eigenvalue weighted by molar-refractivity contribution is 7.09. The molecule has 0 amide bonds. The maximum Gasteiger partial charge on any atom is 0.000831 e. The van der Waals surface area contributed by atoms with Crippen LogP contribution in [-0.2, 0) is 6.42 Å². The number of benzene rings is 3. The summed E-state index contributed by atoms with van der Waals surface area (Å²) in [4.78, 5) is 0. The summed E-state index contributed by atoms with van der Waals surface area (Å²) >= 11 is 1.82. The summed E-state index contributed by atoms with van der Waals surface area (Å²) in [6.45, 7) is 4.50. The van der Waals surface area contributed by atoms with E-state index in [-0.39, 0.29) is 0 Å². The van der Waals surface area contributed by atoms with Gasteiger partial charge >= 0.3 is 0 Å². The highest BCUT2D eigenvalue weighted by Crippen LogP contribution is 2.37. The van der Waals surface area contributed by atoms with E-state index in [1.54, 1.807) is 0 Å². The van der Waals surface area contributed by atoms with Crippen LogP contribution in [0.3, 0.4) is 0 Å². The molecule has 3 aromatic carbocycles. The summed E-state index contributed by atoms with van der Waals surface area (Å²) in [5.41, 5.74) is 2.85. The van der Waals surface area contributed by atoms with Crippen LogP contribution >= 0.6 is 11.3 Å².